The summed E-state index contributed by atoms with van der Waals surface area (Å²) in [6.45, 7) is 15.5. The number of allylic oxidation sites excluding steroid dienone is 1. The van der Waals surface area contributed by atoms with Crippen molar-refractivity contribution in [2.45, 2.75) is 78.4 Å². The van der Waals surface area contributed by atoms with Crippen molar-refractivity contribution in [3.05, 3.63) is 550 Å². The minimum Gasteiger partial charge on any atom is -0.453 e. The number of rotatable bonds is 21. The van der Waals surface area contributed by atoms with Crippen molar-refractivity contribution in [3.8, 4) is 0 Å². The number of carbonyl (C=O) groups excluding carboxylic acids is 1. The standard InChI is InChI=1S/C23H24.4C18H15P.C12H13N.C12H14O2.C4H8O.Pd/c1-18-9-7-12-20(17-18)11-4-3-10-19(2)22-16-8-14-21-13-5-6-15-23(21)22;4*1-4-10-16(11-5-1)19(17-12-6-2-7-13-17)18-14-8-3-9-15-18;1-9(13)11-8-4-6-10-5-2-3-7-12(10)11;1-4-12(14-10(3)13)11-7-5-6-9(2)8-11;1-2-4-5-3-1;/h4-9,11-17,19H,3,10H2,1-2H3;4*1-15H;2-9H,13H2,1H3;4-8,12H,1H2,2-3H3;1-4H2;/b11-4+;;;;;;;;/t19-;;;;;9-;;;/m0....1.../s1. The molecule has 1 aliphatic rings. The number of esters is 1. The van der Waals surface area contributed by atoms with E-state index in [1.807, 2.05) is 50.2 Å². The number of hydrogen-bond acceptors (Lipinski definition) is 4. The predicted octanol–water partition coefficient (Wildman–Crippen LogP) is 27.0. The van der Waals surface area contributed by atoms with E-state index < -0.39 is 31.7 Å². The summed E-state index contributed by atoms with van der Waals surface area (Å²) in [5, 5.41) is 22.0. The maximum Gasteiger partial charge on any atom is 0.303 e. The zero-order valence-corrected chi connectivity index (χ0v) is 81.3. The average Bonchev–Trinajstić information content (AvgIpc) is 0.857. The average molecular weight is 1890 g/mol. The van der Waals surface area contributed by atoms with Gasteiger partial charge < -0.3 is 15.2 Å². The van der Waals surface area contributed by atoms with Gasteiger partial charge in [-0.2, -0.15) is 0 Å². The van der Waals surface area contributed by atoms with Gasteiger partial charge in [-0.1, -0.05) is 534 Å². The molecular formula is C123H119NO3P4Pd. The zero-order valence-electron chi connectivity index (χ0n) is 76.2. The van der Waals surface area contributed by atoms with E-state index in [0.29, 0.717) is 5.92 Å². The first kappa shape index (κ1) is 100. The fraction of sp³-hybridized carbons (Fsp3) is 0.114. The van der Waals surface area contributed by atoms with Gasteiger partial charge in [-0.15, -0.1) is 0 Å². The Hall–Kier alpha value is -12.3. The number of ether oxygens (including phenoxy) is 2. The number of carbonyl (C=O) groups is 1. The van der Waals surface area contributed by atoms with Gasteiger partial charge in [0.25, 0.3) is 0 Å². The third kappa shape index (κ3) is 32.0. The van der Waals surface area contributed by atoms with Crippen LogP contribution < -0.4 is 69.4 Å². The van der Waals surface area contributed by atoms with Gasteiger partial charge in [0.05, 0.1) is 0 Å². The topological polar surface area (TPSA) is 61.5 Å². The fourth-order valence-electron chi connectivity index (χ4n) is 15.3. The predicted molar refractivity (Wildman–Crippen MR) is 575 cm³/mol. The molecule has 0 saturated carbocycles. The van der Waals surface area contributed by atoms with Crippen LogP contribution in [0.1, 0.15) is 97.9 Å². The number of benzene rings is 18. The summed E-state index contributed by atoms with van der Waals surface area (Å²) in [5.41, 5.74) is 13.3. The van der Waals surface area contributed by atoms with Crippen LogP contribution in [0.3, 0.4) is 0 Å². The van der Waals surface area contributed by atoms with Crippen LogP contribution in [-0.2, 0) is 34.7 Å². The molecule has 18 aromatic rings. The third-order valence-corrected chi connectivity index (χ3v) is 31.4. The third-order valence-electron chi connectivity index (χ3n) is 21.7. The van der Waals surface area contributed by atoms with Gasteiger partial charge in [-0.3, -0.25) is 4.79 Å². The van der Waals surface area contributed by atoms with E-state index in [1.54, 1.807) is 6.08 Å². The van der Waals surface area contributed by atoms with E-state index in [1.165, 1.54) is 134 Å². The molecule has 18 aromatic carbocycles. The van der Waals surface area contributed by atoms with Crippen molar-refractivity contribution in [1.82, 2.24) is 0 Å². The first-order valence-electron chi connectivity index (χ1n) is 45.2. The summed E-state index contributed by atoms with van der Waals surface area (Å²) < 4.78 is 10.0. The maximum absolute atomic E-state index is 10.8. The van der Waals surface area contributed by atoms with Crippen LogP contribution in [0.2, 0.25) is 0 Å². The van der Waals surface area contributed by atoms with Crippen molar-refractivity contribution >= 4 is 129 Å². The molecule has 0 bridgehead atoms. The van der Waals surface area contributed by atoms with Crippen LogP contribution in [-0.4, -0.2) is 19.2 Å². The molecule has 1 unspecified atom stereocenters. The van der Waals surface area contributed by atoms with E-state index >= 15 is 0 Å². The molecule has 1 heterocycles. The molecular weight excluding hydrogens is 1770 g/mol. The first-order chi connectivity index (χ1) is 64.5. The summed E-state index contributed by atoms with van der Waals surface area (Å²) in [7, 11) is -1.78. The van der Waals surface area contributed by atoms with Gasteiger partial charge in [-0.05, 0) is 198 Å². The van der Waals surface area contributed by atoms with Gasteiger partial charge in [0.1, 0.15) is 6.10 Å². The van der Waals surface area contributed by atoms with Crippen LogP contribution >= 0.6 is 31.7 Å². The molecule has 0 aromatic heterocycles. The number of hydrogen-bond donors (Lipinski definition) is 1. The van der Waals surface area contributed by atoms with E-state index in [2.05, 4.69) is 494 Å². The van der Waals surface area contributed by atoms with Crippen LogP contribution in [0.15, 0.2) is 516 Å². The van der Waals surface area contributed by atoms with Gasteiger partial charge in [0.15, 0.2) is 0 Å². The van der Waals surface area contributed by atoms with Crippen molar-refractivity contribution in [2.24, 2.45) is 5.73 Å². The SMILES string of the molecule is C1CCOC1.C=CC(OC(C)=O)c1cccc(C)c1.C[C@@H](N)c1cccc2ccccc12.Cc1cccc(/C=C/CC[C@H](C)c2cccc3ccccc23)c1.[Pd].c1ccc(P(c2ccccc2)c2ccccc2)cc1.c1ccc(P(c2ccccc2)c2ccccc2)cc1.c1ccc(P(c2ccccc2)c2ccccc2)cc1.c1ccc(P(c2ccccc2)c2ccccc2)cc1. The molecule has 2 N–H and O–H groups in total. The van der Waals surface area contributed by atoms with Crippen LogP contribution in [0, 0.1) is 13.8 Å². The van der Waals surface area contributed by atoms with Crippen LogP contribution in [0.4, 0.5) is 0 Å². The molecule has 19 rings (SSSR count). The minimum absolute atomic E-state index is 0. The first-order valence-corrected chi connectivity index (χ1v) is 50.5. The second-order valence-corrected chi connectivity index (χ2v) is 40.5. The normalized spacial score (nSPS) is 11.8. The van der Waals surface area contributed by atoms with E-state index in [-0.39, 0.29) is 38.5 Å². The van der Waals surface area contributed by atoms with Gasteiger partial charge in [0, 0.05) is 46.6 Å². The smallest absolute Gasteiger partial charge is 0.303 e. The zero-order chi connectivity index (χ0) is 91.1. The molecule has 0 spiro atoms. The monoisotopic (exact) mass is 1890 g/mol. The van der Waals surface area contributed by atoms with Crippen molar-refractivity contribution in [2.75, 3.05) is 13.2 Å². The Morgan fingerprint density at radius 3 is 0.864 bits per heavy atom. The molecule has 0 amide bonds. The molecule has 4 nitrogen and oxygen atoms in total. The molecule has 9 heteroatoms. The maximum atomic E-state index is 10.8. The van der Waals surface area contributed by atoms with E-state index in [4.69, 9.17) is 15.2 Å². The molecule has 0 radical (unpaired) electrons. The minimum atomic E-state index is -0.446. The summed E-state index contributed by atoms with van der Waals surface area (Å²) in [6.07, 6.45) is 10.7. The second kappa shape index (κ2) is 56.5. The molecule has 3 atom stereocenters. The van der Waals surface area contributed by atoms with E-state index in [9.17, 15) is 4.79 Å². The van der Waals surface area contributed by atoms with E-state index in [0.717, 1.165) is 30.8 Å². The molecule has 1 saturated heterocycles. The molecule has 664 valence electrons. The quantitative estimate of drug-likeness (QED) is 0.0337. The van der Waals surface area contributed by atoms with Gasteiger partial charge >= 0.3 is 5.97 Å². The largest absolute Gasteiger partial charge is 0.453 e. The molecule has 1 aliphatic heterocycles. The second-order valence-electron chi connectivity index (χ2n) is 31.6. The molecule has 132 heavy (non-hydrogen) atoms. The Bertz CT molecular complexity index is 5430. The Kier molecular flexibility index (Phi) is 42.9. The van der Waals surface area contributed by atoms with Crippen LogP contribution in [0.25, 0.3) is 27.6 Å². The van der Waals surface area contributed by atoms with Gasteiger partial charge in [0.2, 0.25) is 0 Å². The van der Waals surface area contributed by atoms with Crippen molar-refractivity contribution in [1.29, 1.82) is 0 Å². The van der Waals surface area contributed by atoms with Crippen LogP contribution in [0.5, 0.6) is 0 Å². The number of nitrogens with two attached hydrogens (primary N) is 1. The Morgan fingerprint density at radius 1 is 0.341 bits per heavy atom. The summed E-state index contributed by atoms with van der Waals surface area (Å²) in [4.78, 5) is 10.8. The number of fused-ring (bicyclic) bond motifs is 2. The van der Waals surface area contributed by atoms with Crippen molar-refractivity contribution in [3.63, 3.8) is 0 Å². The van der Waals surface area contributed by atoms with Gasteiger partial charge in [-0.25, -0.2) is 0 Å². The Balaban J connectivity index is 0.000000148. The molecule has 0 aliphatic carbocycles. The summed E-state index contributed by atoms with van der Waals surface area (Å²) in [5.74, 6) is 0.277. The summed E-state index contributed by atoms with van der Waals surface area (Å²) >= 11 is 0. The Labute approximate surface area is 804 Å². The molecule has 1 fully saturated rings. The Morgan fingerprint density at radius 2 is 0.598 bits per heavy atom. The number of aryl methyl sites for hydroxylation is 2. The fourth-order valence-corrected chi connectivity index (χ4v) is 24.5. The summed E-state index contributed by atoms with van der Waals surface area (Å²) in [6, 6.07) is 176. The van der Waals surface area contributed by atoms with Crippen molar-refractivity contribution < 1.29 is 34.7 Å².